The zero-order chi connectivity index (χ0) is 33.9. The molecule has 2 unspecified atom stereocenters. The smallest absolute Gasteiger partial charge is 0.168 e. The van der Waals surface area contributed by atoms with Gasteiger partial charge in [-0.15, -0.1) is 0 Å². The van der Waals surface area contributed by atoms with Crippen LogP contribution in [0.4, 0.5) is 0 Å². The van der Waals surface area contributed by atoms with E-state index in [0.717, 1.165) is 58.3 Å². The maximum absolute atomic E-state index is 6.76. The first kappa shape index (κ1) is 43.9. The molecule has 1 heterocycles. The number of rotatable bonds is 34. The first-order chi connectivity index (χ1) is 23.2. The summed E-state index contributed by atoms with van der Waals surface area (Å²) in [6, 6.07) is 0. The van der Waals surface area contributed by atoms with Crippen LogP contribution >= 0.6 is 0 Å². The van der Waals surface area contributed by atoms with E-state index in [9.17, 15) is 0 Å². The van der Waals surface area contributed by atoms with Gasteiger partial charge in [-0.25, -0.2) is 0 Å². The van der Waals surface area contributed by atoms with Crippen LogP contribution in [0.3, 0.4) is 0 Å². The number of allylic oxidation sites excluding steroid dienone is 8. The normalized spacial score (nSPS) is 18.9. The zero-order valence-corrected chi connectivity index (χ0v) is 32.2. The summed E-state index contributed by atoms with van der Waals surface area (Å²) in [4.78, 5) is 2.51. The van der Waals surface area contributed by atoms with Crippen LogP contribution in [0.25, 0.3) is 0 Å². The van der Waals surface area contributed by atoms with Gasteiger partial charge in [-0.1, -0.05) is 147 Å². The van der Waals surface area contributed by atoms with Crippen LogP contribution < -0.4 is 0 Å². The van der Waals surface area contributed by atoms with Crippen molar-refractivity contribution in [3.63, 3.8) is 0 Å². The Morgan fingerprint density at radius 2 is 0.915 bits per heavy atom. The molecule has 3 heteroatoms. The van der Waals surface area contributed by atoms with Crippen molar-refractivity contribution in [3.05, 3.63) is 48.6 Å². The fourth-order valence-electron chi connectivity index (χ4n) is 6.60. The fourth-order valence-corrected chi connectivity index (χ4v) is 6.60. The van der Waals surface area contributed by atoms with Crippen molar-refractivity contribution in [2.24, 2.45) is 0 Å². The second-order valence-corrected chi connectivity index (χ2v) is 14.1. The second-order valence-electron chi connectivity index (χ2n) is 14.1. The van der Waals surface area contributed by atoms with E-state index in [4.69, 9.17) is 9.47 Å². The van der Waals surface area contributed by atoms with Crippen molar-refractivity contribution in [2.45, 2.75) is 207 Å². The third-order valence-corrected chi connectivity index (χ3v) is 9.84. The maximum Gasteiger partial charge on any atom is 0.168 e. The highest BCUT2D eigenvalue weighted by Crippen LogP contribution is 2.35. The summed E-state index contributed by atoms with van der Waals surface area (Å²) in [5.41, 5.74) is 0. The Morgan fingerprint density at radius 3 is 1.34 bits per heavy atom. The van der Waals surface area contributed by atoms with Crippen LogP contribution in [0.15, 0.2) is 48.6 Å². The Bertz CT molecular complexity index is 767. The lowest BCUT2D eigenvalue weighted by Crippen LogP contribution is -2.32. The number of ether oxygens (including phenoxy) is 2. The van der Waals surface area contributed by atoms with Crippen LogP contribution in [-0.4, -0.2) is 43.0 Å². The number of hydrogen-bond acceptors (Lipinski definition) is 3. The molecule has 1 saturated heterocycles. The summed E-state index contributed by atoms with van der Waals surface area (Å²) in [5, 5.41) is 0. The quantitative estimate of drug-likeness (QED) is 0.0508. The van der Waals surface area contributed by atoms with E-state index in [2.05, 4.69) is 81.2 Å². The summed E-state index contributed by atoms with van der Waals surface area (Å²) < 4.78 is 13.3. The van der Waals surface area contributed by atoms with Crippen LogP contribution in [0, 0.1) is 0 Å². The molecule has 0 bridgehead atoms. The zero-order valence-electron chi connectivity index (χ0n) is 32.2. The molecule has 0 aromatic carbocycles. The molecule has 0 N–H and O–H groups in total. The molecule has 0 aliphatic carbocycles. The Kier molecular flexibility index (Phi) is 31.1. The van der Waals surface area contributed by atoms with Crippen molar-refractivity contribution in [2.75, 3.05) is 26.2 Å². The molecule has 274 valence electrons. The van der Waals surface area contributed by atoms with Crippen LogP contribution in [0.5, 0.6) is 0 Å². The third kappa shape index (κ3) is 26.4. The van der Waals surface area contributed by atoms with Gasteiger partial charge < -0.3 is 14.4 Å². The molecule has 0 amide bonds. The largest absolute Gasteiger partial charge is 0.347 e. The molecule has 0 radical (unpaired) electrons. The van der Waals surface area contributed by atoms with Gasteiger partial charge in [0, 0.05) is 19.4 Å². The highest BCUT2D eigenvalue weighted by molar-refractivity contribution is 4.93. The molecule has 1 rings (SSSR count). The fraction of sp³-hybridized carbons (Fsp3) is 0.818. The predicted molar refractivity (Wildman–Crippen MR) is 209 cm³/mol. The molecule has 0 aromatic rings. The molecule has 3 nitrogen and oxygen atoms in total. The average Bonchev–Trinajstić information content (AvgIpc) is 3.49. The molecule has 0 spiro atoms. The minimum atomic E-state index is -0.323. The Hall–Kier alpha value is -1.16. The second kappa shape index (κ2) is 33.3. The SMILES string of the molecule is CCCCC/C=C\C/C=C\CCCCCCCCC1(CCCCCCC/C=C\C/C=C\CCCCC)OCC(CCN(CC)CC)O1. The average molecular weight is 656 g/mol. The molecule has 0 aromatic heterocycles. The van der Waals surface area contributed by atoms with Gasteiger partial charge >= 0.3 is 0 Å². The molecular formula is C44H81NO2. The Balaban J connectivity index is 2.25. The Morgan fingerprint density at radius 1 is 0.511 bits per heavy atom. The summed E-state index contributed by atoms with van der Waals surface area (Å²) in [5.74, 6) is -0.323. The van der Waals surface area contributed by atoms with Gasteiger partial charge in [-0.3, -0.25) is 0 Å². The third-order valence-electron chi connectivity index (χ3n) is 9.84. The van der Waals surface area contributed by atoms with E-state index in [1.807, 2.05) is 0 Å². The lowest BCUT2D eigenvalue weighted by Gasteiger charge is -2.29. The molecule has 0 saturated carbocycles. The molecule has 1 aliphatic rings. The molecule has 47 heavy (non-hydrogen) atoms. The summed E-state index contributed by atoms with van der Waals surface area (Å²) >= 11 is 0. The van der Waals surface area contributed by atoms with E-state index in [1.165, 1.54) is 135 Å². The van der Waals surface area contributed by atoms with Gasteiger partial charge in [-0.05, 0) is 96.6 Å². The van der Waals surface area contributed by atoms with E-state index in [0.29, 0.717) is 0 Å². The van der Waals surface area contributed by atoms with Crippen molar-refractivity contribution in [1.29, 1.82) is 0 Å². The number of hydrogen-bond donors (Lipinski definition) is 0. The molecular weight excluding hydrogens is 574 g/mol. The predicted octanol–water partition coefficient (Wildman–Crippen LogP) is 13.8. The number of nitrogens with zero attached hydrogens (tertiary/aromatic N) is 1. The van der Waals surface area contributed by atoms with Gasteiger partial charge in [0.25, 0.3) is 0 Å². The monoisotopic (exact) mass is 656 g/mol. The van der Waals surface area contributed by atoms with Gasteiger partial charge in [0.1, 0.15) is 0 Å². The Labute approximate surface area is 295 Å². The van der Waals surface area contributed by atoms with Gasteiger partial charge in [0.15, 0.2) is 5.79 Å². The van der Waals surface area contributed by atoms with Crippen molar-refractivity contribution < 1.29 is 9.47 Å². The number of unbranched alkanes of at least 4 members (excludes halogenated alkanes) is 17. The maximum atomic E-state index is 6.76. The summed E-state index contributed by atoms with van der Waals surface area (Å²) in [6.07, 6.45) is 51.9. The van der Waals surface area contributed by atoms with Gasteiger partial charge in [0.05, 0.1) is 12.7 Å². The van der Waals surface area contributed by atoms with Crippen LogP contribution in [-0.2, 0) is 9.47 Å². The van der Waals surface area contributed by atoms with Gasteiger partial charge in [0.2, 0.25) is 0 Å². The lowest BCUT2D eigenvalue weighted by atomic mass is 9.98. The van der Waals surface area contributed by atoms with Crippen LogP contribution in [0.2, 0.25) is 0 Å². The topological polar surface area (TPSA) is 21.7 Å². The van der Waals surface area contributed by atoms with E-state index >= 15 is 0 Å². The standard InChI is InChI=1S/C44H81NO2/c1-5-9-11-13-15-17-19-21-23-25-27-29-31-33-35-37-40-44(46-42-43(47-44)38-41-45(7-3)8-4)39-36-34-32-30-28-26-24-22-20-18-16-14-12-10-6-2/h15-18,21-24,43H,5-14,19-20,25-42H2,1-4H3/b17-15-,18-16-,23-21-,24-22-. The first-order valence-electron chi connectivity index (χ1n) is 20.8. The van der Waals surface area contributed by atoms with Crippen molar-refractivity contribution >= 4 is 0 Å². The van der Waals surface area contributed by atoms with E-state index in [-0.39, 0.29) is 11.9 Å². The van der Waals surface area contributed by atoms with Gasteiger partial charge in [-0.2, -0.15) is 0 Å². The highest BCUT2D eigenvalue weighted by atomic mass is 16.7. The van der Waals surface area contributed by atoms with Crippen molar-refractivity contribution in [1.82, 2.24) is 4.90 Å². The lowest BCUT2D eigenvalue weighted by molar-refractivity contribution is -0.180. The summed E-state index contributed by atoms with van der Waals surface area (Å²) in [6.45, 7) is 13.2. The molecule has 1 aliphatic heterocycles. The summed E-state index contributed by atoms with van der Waals surface area (Å²) in [7, 11) is 0. The van der Waals surface area contributed by atoms with E-state index in [1.54, 1.807) is 0 Å². The minimum absolute atomic E-state index is 0.262. The van der Waals surface area contributed by atoms with Crippen molar-refractivity contribution in [3.8, 4) is 0 Å². The highest BCUT2D eigenvalue weighted by Gasteiger charge is 2.40. The first-order valence-corrected chi connectivity index (χ1v) is 20.8. The van der Waals surface area contributed by atoms with E-state index < -0.39 is 0 Å². The minimum Gasteiger partial charge on any atom is -0.347 e. The van der Waals surface area contributed by atoms with Crippen LogP contribution in [0.1, 0.15) is 195 Å². The molecule has 1 fully saturated rings. The molecule has 2 atom stereocenters.